The summed E-state index contributed by atoms with van der Waals surface area (Å²) >= 11 is 0. The molecule has 0 aliphatic heterocycles. The van der Waals surface area contributed by atoms with Crippen LogP contribution in [0.25, 0.3) is 0 Å². The number of hydrogen-bond acceptors (Lipinski definition) is 6. The van der Waals surface area contributed by atoms with Crippen LogP contribution in [0.15, 0.2) is 71.8 Å². The number of nitrogens with zero attached hydrogens (tertiary/aromatic N) is 1. The lowest BCUT2D eigenvalue weighted by molar-refractivity contribution is -0.120. The van der Waals surface area contributed by atoms with Gasteiger partial charge in [0.25, 0.3) is 10.0 Å². The molecular weight excluding hydrogens is 449 g/mol. The Labute approximate surface area is 191 Å². The number of halogens is 1. The Morgan fingerprint density at radius 1 is 0.970 bits per heavy atom. The van der Waals surface area contributed by atoms with E-state index in [1.54, 1.807) is 43.6 Å². The van der Waals surface area contributed by atoms with Gasteiger partial charge in [0.05, 0.1) is 17.9 Å². The molecule has 2 N–H and O–H groups in total. The van der Waals surface area contributed by atoms with Crippen LogP contribution in [-0.2, 0) is 32.5 Å². The Kier molecular flexibility index (Phi) is 8.34. The number of anilines is 1. The van der Waals surface area contributed by atoms with E-state index in [1.165, 1.54) is 12.1 Å². The van der Waals surface area contributed by atoms with Crippen LogP contribution in [-0.4, -0.2) is 39.6 Å². The van der Waals surface area contributed by atoms with Crippen molar-refractivity contribution in [2.24, 2.45) is 0 Å². The van der Waals surface area contributed by atoms with Crippen LogP contribution >= 0.6 is 0 Å². The van der Waals surface area contributed by atoms with Gasteiger partial charge in [0.1, 0.15) is 12.4 Å². The van der Waals surface area contributed by atoms with Gasteiger partial charge in [0.15, 0.2) is 0 Å². The number of amides is 1. The summed E-state index contributed by atoms with van der Waals surface area (Å²) in [5, 5.41) is 2.82. The third kappa shape index (κ3) is 7.55. The minimum Gasteiger partial charge on any atom is -0.475 e. The molecule has 0 saturated carbocycles. The zero-order valence-corrected chi connectivity index (χ0v) is 18.8. The van der Waals surface area contributed by atoms with Gasteiger partial charge in [-0.25, -0.2) is 17.8 Å². The minimum absolute atomic E-state index is 0.0450. The van der Waals surface area contributed by atoms with Crippen LogP contribution in [0.1, 0.15) is 11.1 Å². The van der Waals surface area contributed by atoms with Crippen LogP contribution in [0, 0.1) is 5.82 Å². The van der Waals surface area contributed by atoms with E-state index >= 15 is 0 Å². The van der Waals surface area contributed by atoms with Crippen molar-refractivity contribution < 1.29 is 27.1 Å². The molecular formula is C23H24FN3O5S. The average Bonchev–Trinajstić information content (AvgIpc) is 2.80. The Morgan fingerprint density at radius 3 is 2.30 bits per heavy atom. The number of carbonyl (C=O) groups excluding carboxylic acids is 1. The second-order valence-corrected chi connectivity index (χ2v) is 8.74. The van der Waals surface area contributed by atoms with Crippen molar-refractivity contribution in [2.75, 3.05) is 25.0 Å². The first-order chi connectivity index (χ1) is 15.9. The quantitative estimate of drug-likeness (QED) is 0.415. The predicted molar refractivity (Wildman–Crippen MR) is 121 cm³/mol. The van der Waals surface area contributed by atoms with Gasteiger partial charge < -0.3 is 14.8 Å². The van der Waals surface area contributed by atoms with Crippen LogP contribution in [0.3, 0.4) is 0 Å². The van der Waals surface area contributed by atoms with E-state index in [1.807, 2.05) is 6.07 Å². The minimum atomic E-state index is -3.83. The zero-order valence-electron chi connectivity index (χ0n) is 18.0. The summed E-state index contributed by atoms with van der Waals surface area (Å²) in [6.07, 6.45) is 1.76. The lowest BCUT2D eigenvalue weighted by atomic mass is 10.1. The fourth-order valence-corrected chi connectivity index (χ4v) is 3.86. The number of nitrogens with one attached hydrogen (secondary N) is 2. The Morgan fingerprint density at radius 2 is 1.67 bits per heavy atom. The van der Waals surface area contributed by atoms with Gasteiger partial charge in [0, 0.05) is 31.6 Å². The SMILES string of the molecule is COCCOc1ccc(CNC(=O)Cc2ccc(NS(=O)(=O)c3ccc(F)cc3)cc2)cn1. The summed E-state index contributed by atoms with van der Waals surface area (Å²) in [5.74, 6) is -0.218. The van der Waals surface area contributed by atoms with E-state index < -0.39 is 15.8 Å². The Hall–Kier alpha value is -3.50. The number of pyridine rings is 1. The standard InChI is InChI=1S/C23H24FN3O5S/c1-31-12-13-32-23-11-4-18(16-26-23)15-25-22(28)14-17-2-7-20(8-3-17)27-33(29,30)21-9-5-19(24)6-10-21/h2-11,16,27H,12-15H2,1H3,(H,25,28). The molecule has 3 rings (SSSR count). The molecule has 0 spiro atoms. The highest BCUT2D eigenvalue weighted by atomic mass is 32.2. The molecule has 0 atom stereocenters. The second kappa shape index (κ2) is 11.4. The van der Waals surface area contributed by atoms with Crippen molar-refractivity contribution in [1.29, 1.82) is 0 Å². The lowest BCUT2D eigenvalue weighted by Crippen LogP contribution is -2.24. The van der Waals surface area contributed by atoms with Crippen LogP contribution in [0.4, 0.5) is 10.1 Å². The number of benzene rings is 2. The summed E-state index contributed by atoms with van der Waals surface area (Å²) < 4.78 is 50.5. The van der Waals surface area contributed by atoms with Gasteiger partial charge in [-0.2, -0.15) is 0 Å². The van der Waals surface area contributed by atoms with Crippen molar-refractivity contribution in [1.82, 2.24) is 10.3 Å². The molecule has 1 amide bonds. The van der Waals surface area contributed by atoms with E-state index in [9.17, 15) is 17.6 Å². The molecule has 0 unspecified atom stereocenters. The summed E-state index contributed by atoms with van der Waals surface area (Å²) in [7, 11) is -2.24. The maximum atomic E-state index is 13.0. The molecule has 10 heteroatoms. The number of ether oxygens (including phenoxy) is 2. The predicted octanol–water partition coefficient (Wildman–Crippen LogP) is 2.91. The van der Waals surface area contributed by atoms with Gasteiger partial charge in [0.2, 0.25) is 11.8 Å². The fraction of sp³-hybridized carbons (Fsp3) is 0.217. The van der Waals surface area contributed by atoms with E-state index in [0.717, 1.165) is 23.3 Å². The van der Waals surface area contributed by atoms with Crippen molar-refractivity contribution in [3.05, 3.63) is 83.8 Å². The number of aromatic nitrogens is 1. The molecule has 0 saturated heterocycles. The summed E-state index contributed by atoms with van der Waals surface area (Å²) in [5.41, 5.74) is 1.88. The van der Waals surface area contributed by atoms with E-state index in [4.69, 9.17) is 9.47 Å². The highest BCUT2D eigenvalue weighted by molar-refractivity contribution is 7.92. The average molecular weight is 474 g/mol. The number of hydrogen-bond donors (Lipinski definition) is 2. The molecule has 174 valence electrons. The number of sulfonamides is 1. The van der Waals surface area contributed by atoms with Gasteiger partial charge in [-0.05, 0) is 47.5 Å². The molecule has 0 aliphatic rings. The summed E-state index contributed by atoms with van der Waals surface area (Å²) in [6, 6.07) is 14.5. The smallest absolute Gasteiger partial charge is 0.261 e. The molecule has 8 nitrogen and oxygen atoms in total. The molecule has 33 heavy (non-hydrogen) atoms. The molecule has 1 heterocycles. The van der Waals surface area contributed by atoms with Crippen LogP contribution in [0.2, 0.25) is 0 Å². The third-order valence-corrected chi connectivity index (χ3v) is 5.92. The van der Waals surface area contributed by atoms with Crippen LogP contribution < -0.4 is 14.8 Å². The Bertz CT molecular complexity index is 1150. The van der Waals surface area contributed by atoms with Crippen LogP contribution in [0.5, 0.6) is 5.88 Å². The lowest BCUT2D eigenvalue weighted by Gasteiger charge is -2.10. The first kappa shape index (κ1) is 24.1. The molecule has 0 bridgehead atoms. The highest BCUT2D eigenvalue weighted by Gasteiger charge is 2.14. The molecule has 0 aliphatic carbocycles. The molecule has 0 fully saturated rings. The molecule has 1 aromatic heterocycles. The third-order valence-electron chi connectivity index (χ3n) is 4.52. The van der Waals surface area contributed by atoms with Gasteiger partial charge in [-0.3, -0.25) is 9.52 Å². The largest absolute Gasteiger partial charge is 0.475 e. The maximum Gasteiger partial charge on any atom is 0.261 e. The topological polar surface area (TPSA) is 107 Å². The maximum absolute atomic E-state index is 13.0. The zero-order chi connectivity index (χ0) is 23.7. The highest BCUT2D eigenvalue weighted by Crippen LogP contribution is 2.17. The molecule has 2 aromatic carbocycles. The molecule has 0 radical (unpaired) electrons. The van der Waals surface area contributed by atoms with E-state index in [2.05, 4.69) is 15.0 Å². The van der Waals surface area contributed by atoms with E-state index in [-0.39, 0.29) is 17.2 Å². The summed E-state index contributed by atoms with van der Waals surface area (Å²) in [4.78, 5) is 16.4. The number of methoxy groups -OCH3 is 1. The second-order valence-electron chi connectivity index (χ2n) is 7.06. The monoisotopic (exact) mass is 473 g/mol. The van der Waals surface area contributed by atoms with Crippen molar-refractivity contribution in [3.8, 4) is 5.88 Å². The number of carbonyl (C=O) groups is 1. The number of rotatable bonds is 11. The Balaban J connectivity index is 1.48. The van der Waals surface area contributed by atoms with Gasteiger partial charge in [-0.1, -0.05) is 18.2 Å². The first-order valence-corrected chi connectivity index (χ1v) is 11.5. The normalized spacial score (nSPS) is 11.1. The van der Waals surface area contributed by atoms with Crippen molar-refractivity contribution in [3.63, 3.8) is 0 Å². The molecule has 3 aromatic rings. The van der Waals surface area contributed by atoms with Crippen molar-refractivity contribution in [2.45, 2.75) is 17.9 Å². The summed E-state index contributed by atoms with van der Waals surface area (Å²) in [6.45, 7) is 1.20. The van der Waals surface area contributed by atoms with Gasteiger partial charge >= 0.3 is 0 Å². The van der Waals surface area contributed by atoms with E-state index in [0.29, 0.717) is 31.3 Å². The fourth-order valence-electron chi connectivity index (χ4n) is 2.80. The first-order valence-electron chi connectivity index (χ1n) is 10.1. The van der Waals surface area contributed by atoms with Gasteiger partial charge in [-0.15, -0.1) is 0 Å². The van der Waals surface area contributed by atoms with Crippen molar-refractivity contribution >= 4 is 21.6 Å².